The molecule has 1 fully saturated rings. The van der Waals surface area contributed by atoms with Crippen molar-refractivity contribution in [2.45, 2.75) is 38.8 Å². The van der Waals surface area contributed by atoms with Gasteiger partial charge in [0, 0.05) is 12.6 Å². The number of nitrogen functional groups attached to an aromatic ring is 1. The van der Waals surface area contributed by atoms with E-state index >= 15 is 0 Å². The highest BCUT2D eigenvalue weighted by Gasteiger charge is 2.20. The second-order valence-corrected chi connectivity index (χ2v) is 5.26. The molecule has 3 N–H and O–H groups in total. The van der Waals surface area contributed by atoms with Gasteiger partial charge in [0.2, 0.25) is 0 Å². The van der Waals surface area contributed by atoms with Gasteiger partial charge in [-0.3, -0.25) is 0 Å². The average Bonchev–Trinajstić information content (AvgIpc) is 2.66. The number of nitrogens with two attached hydrogens (primary N) is 1. The molecule has 0 radical (unpaired) electrons. The monoisotopic (exact) mass is 238 g/mol. The van der Waals surface area contributed by atoms with Crippen LogP contribution in [0.5, 0.6) is 0 Å². The van der Waals surface area contributed by atoms with Crippen molar-refractivity contribution in [3.63, 3.8) is 0 Å². The Labute approximate surface area is 102 Å². The number of anilines is 1. The average molecular weight is 239 g/mol. The van der Waals surface area contributed by atoms with Crippen LogP contribution in [0.4, 0.5) is 5.69 Å². The van der Waals surface area contributed by atoms with Gasteiger partial charge < -0.3 is 11.1 Å². The molecule has 2 atom stereocenters. The first-order valence-corrected chi connectivity index (χ1v) is 6.30. The molecule has 0 bridgehead atoms. The van der Waals surface area contributed by atoms with Gasteiger partial charge in [0.1, 0.15) is 0 Å². The molecule has 0 heterocycles. The highest BCUT2D eigenvalue weighted by molar-refractivity contribution is 6.33. The molecule has 16 heavy (non-hydrogen) atoms. The fraction of sp³-hybridized carbons (Fsp3) is 0.538. The van der Waals surface area contributed by atoms with Crippen molar-refractivity contribution in [2.24, 2.45) is 5.92 Å². The summed E-state index contributed by atoms with van der Waals surface area (Å²) in [6.45, 7) is 3.21. The van der Waals surface area contributed by atoms with Gasteiger partial charge in [-0.15, -0.1) is 0 Å². The number of hydrogen-bond acceptors (Lipinski definition) is 2. The maximum atomic E-state index is 5.98. The Bertz CT molecular complexity index is 365. The van der Waals surface area contributed by atoms with Gasteiger partial charge >= 0.3 is 0 Å². The van der Waals surface area contributed by atoms with E-state index in [0.29, 0.717) is 16.8 Å². The molecule has 1 saturated carbocycles. The molecule has 3 heteroatoms. The molecule has 1 aliphatic carbocycles. The second-order valence-electron chi connectivity index (χ2n) is 4.85. The first-order valence-electron chi connectivity index (χ1n) is 5.92. The van der Waals surface area contributed by atoms with Crippen LogP contribution in [0.3, 0.4) is 0 Å². The first-order chi connectivity index (χ1) is 7.65. The molecule has 2 rings (SSSR count). The fourth-order valence-electron chi connectivity index (χ4n) is 2.34. The largest absolute Gasteiger partial charge is 0.398 e. The first kappa shape index (κ1) is 11.7. The summed E-state index contributed by atoms with van der Waals surface area (Å²) in [5.74, 6) is 0.868. The summed E-state index contributed by atoms with van der Waals surface area (Å²) in [6.07, 6.45) is 3.94. The normalized spacial score (nSPS) is 24.9. The van der Waals surface area contributed by atoms with Crippen LogP contribution in [0.2, 0.25) is 5.02 Å². The lowest BCUT2D eigenvalue weighted by atomic mass is 10.1. The minimum Gasteiger partial charge on any atom is -0.398 e. The van der Waals surface area contributed by atoms with Gasteiger partial charge in [-0.25, -0.2) is 0 Å². The molecule has 2 unspecified atom stereocenters. The van der Waals surface area contributed by atoms with Crippen molar-refractivity contribution in [3.05, 3.63) is 28.8 Å². The number of nitrogens with one attached hydrogen (secondary N) is 1. The third-order valence-corrected chi connectivity index (χ3v) is 3.68. The van der Waals surface area contributed by atoms with Crippen LogP contribution < -0.4 is 11.1 Å². The van der Waals surface area contributed by atoms with Crippen molar-refractivity contribution in [3.8, 4) is 0 Å². The molecule has 0 saturated heterocycles. The lowest BCUT2D eigenvalue weighted by molar-refractivity contribution is 0.502. The van der Waals surface area contributed by atoms with Crippen LogP contribution >= 0.6 is 11.6 Å². The van der Waals surface area contributed by atoms with E-state index in [9.17, 15) is 0 Å². The third kappa shape index (κ3) is 2.89. The Hall–Kier alpha value is -0.730. The summed E-state index contributed by atoms with van der Waals surface area (Å²) in [5, 5.41) is 4.23. The zero-order chi connectivity index (χ0) is 11.5. The van der Waals surface area contributed by atoms with Gasteiger partial charge in [-0.1, -0.05) is 24.6 Å². The van der Waals surface area contributed by atoms with Crippen LogP contribution in [0.25, 0.3) is 0 Å². The molecule has 1 aromatic carbocycles. The van der Waals surface area contributed by atoms with Crippen molar-refractivity contribution in [2.75, 3.05) is 5.73 Å². The van der Waals surface area contributed by atoms with Crippen molar-refractivity contribution in [1.82, 2.24) is 5.32 Å². The van der Waals surface area contributed by atoms with Crippen LogP contribution in [-0.2, 0) is 6.54 Å². The smallest absolute Gasteiger partial charge is 0.0638 e. The summed E-state index contributed by atoms with van der Waals surface area (Å²) in [7, 11) is 0. The number of rotatable bonds is 3. The minimum atomic E-state index is 0.652. The lowest BCUT2D eigenvalue weighted by Crippen LogP contribution is -2.25. The van der Waals surface area contributed by atoms with Crippen molar-refractivity contribution in [1.29, 1.82) is 0 Å². The van der Waals surface area contributed by atoms with Gasteiger partial charge in [0.25, 0.3) is 0 Å². The standard InChI is InChI=1S/C13H19ClN2/c1-9-2-4-11(6-9)16-8-10-3-5-13(15)12(14)7-10/h3,5,7,9,11,16H,2,4,6,8,15H2,1H3. The Balaban J connectivity index is 1.87. The van der Waals surface area contributed by atoms with E-state index in [1.807, 2.05) is 18.2 Å². The van der Waals surface area contributed by atoms with E-state index in [4.69, 9.17) is 17.3 Å². The maximum Gasteiger partial charge on any atom is 0.0638 e. The molecule has 0 aromatic heterocycles. The topological polar surface area (TPSA) is 38.0 Å². The molecule has 0 amide bonds. The lowest BCUT2D eigenvalue weighted by Gasteiger charge is -2.12. The molecule has 0 aliphatic heterocycles. The molecule has 1 aliphatic rings. The molecule has 1 aromatic rings. The van der Waals surface area contributed by atoms with Crippen molar-refractivity contribution < 1.29 is 0 Å². The van der Waals surface area contributed by atoms with Crippen LogP contribution in [0, 0.1) is 5.92 Å². The predicted octanol–water partition coefficient (Wildman–Crippen LogP) is 3.20. The zero-order valence-corrected chi connectivity index (χ0v) is 10.4. The van der Waals surface area contributed by atoms with E-state index < -0.39 is 0 Å². The van der Waals surface area contributed by atoms with E-state index in [-0.39, 0.29) is 0 Å². The number of benzene rings is 1. The predicted molar refractivity (Wildman–Crippen MR) is 69.5 cm³/mol. The Morgan fingerprint density at radius 3 is 2.88 bits per heavy atom. The van der Waals surface area contributed by atoms with Gasteiger partial charge in [-0.2, -0.15) is 0 Å². The van der Waals surface area contributed by atoms with Gasteiger partial charge in [-0.05, 0) is 42.9 Å². The van der Waals surface area contributed by atoms with Gasteiger partial charge in [0.05, 0.1) is 10.7 Å². The number of hydrogen-bond donors (Lipinski definition) is 2. The maximum absolute atomic E-state index is 5.98. The summed E-state index contributed by atoms with van der Waals surface area (Å²) in [6, 6.07) is 6.53. The fourth-order valence-corrected chi connectivity index (χ4v) is 2.54. The SMILES string of the molecule is CC1CCC(NCc2ccc(N)c(Cl)c2)C1. The van der Waals surface area contributed by atoms with Crippen LogP contribution in [0.15, 0.2) is 18.2 Å². The molecule has 2 nitrogen and oxygen atoms in total. The van der Waals surface area contributed by atoms with Crippen molar-refractivity contribution >= 4 is 17.3 Å². The summed E-state index contributed by atoms with van der Waals surface area (Å²) >= 11 is 5.98. The van der Waals surface area contributed by atoms with Crippen LogP contribution in [-0.4, -0.2) is 6.04 Å². The van der Waals surface area contributed by atoms with E-state index in [0.717, 1.165) is 12.5 Å². The molecule has 0 spiro atoms. The Morgan fingerprint density at radius 2 is 2.25 bits per heavy atom. The zero-order valence-electron chi connectivity index (χ0n) is 9.67. The quantitative estimate of drug-likeness (QED) is 0.794. The van der Waals surface area contributed by atoms with E-state index in [1.165, 1.54) is 24.8 Å². The van der Waals surface area contributed by atoms with Crippen LogP contribution in [0.1, 0.15) is 31.7 Å². The highest BCUT2D eigenvalue weighted by atomic mass is 35.5. The summed E-state index contributed by atoms with van der Waals surface area (Å²) < 4.78 is 0. The summed E-state index contributed by atoms with van der Waals surface area (Å²) in [4.78, 5) is 0. The Morgan fingerprint density at radius 1 is 1.44 bits per heavy atom. The third-order valence-electron chi connectivity index (χ3n) is 3.35. The highest BCUT2D eigenvalue weighted by Crippen LogP contribution is 2.25. The molecular weight excluding hydrogens is 220 g/mol. The van der Waals surface area contributed by atoms with Gasteiger partial charge in [0.15, 0.2) is 0 Å². The number of halogens is 1. The summed E-state index contributed by atoms with van der Waals surface area (Å²) in [5.41, 5.74) is 7.53. The molecule has 88 valence electrons. The molecular formula is C13H19ClN2. The minimum absolute atomic E-state index is 0.652. The second kappa shape index (κ2) is 5.07. The Kier molecular flexibility index (Phi) is 3.72. The van der Waals surface area contributed by atoms with E-state index in [1.54, 1.807) is 0 Å². The van der Waals surface area contributed by atoms with E-state index in [2.05, 4.69) is 12.2 Å².